The third-order valence-electron chi connectivity index (χ3n) is 2.34. The summed E-state index contributed by atoms with van der Waals surface area (Å²) < 4.78 is 0.903. The Kier molecular flexibility index (Phi) is 5.49. The summed E-state index contributed by atoms with van der Waals surface area (Å²) in [6, 6.07) is 7.39. The van der Waals surface area contributed by atoms with Crippen LogP contribution >= 0.6 is 15.9 Å². The fourth-order valence-electron chi connectivity index (χ4n) is 1.50. The van der Waals surface area contributed by atoms with Gasteiger partial charge in [0.25, 0.3) is 5.91 Å². The molecule has 0 aliphatic heterocycles. The minimum absolute atomic E-state index is 0.0646. The number of benzene rings is 1. The van der Waals surface area contributed by atoms with Crippen LogP contribution in [0, 0.1) is 0 Å². The van der Waals surface area contributed by atoms with E-state index in [1.54, 1.807) is 12.1 Å². The van der Waals surface area contributed by atoms with E-state index in [0.29, 0.717) is 12.1 Å². The van der Waals surface area contributed by atoms with E-state index in [2.05, 4.69) is 28.2 Å². The van der Waals surface area contributed by atoms with Crippen LogP contribution in [-0.2, 0) is 0 Å². The average molecular weight is 285 g/mol. The number of hydrogen-bond donors (Lipinski definition) is 2. The zero-order chi connectivity index (χ0) is 12.0. The van der Waals surface area contributed by atoms with E-state index in [0.717, 1.165) is 17.3 Å². The smallest absolute Gasteiger partial charge is 0.251 e. The molecule has 16 heavy (non-hydrogen) atoms. The Balaban J connectivity index is 2.64. The summed E-state index contributed by atoms with van der Waals surface area (Å²) in [4.78, 5) is 11.9. The minimum Gasteiger partial charge on any atom is -0.348 e. The van der Waals surface area contributed by atoms with E-state index in [4.69, 9.17) is 5.73 Å². The van der Waals surface area contributed by atoms with Crippen LogP contribution in [0.1, 0.15) is 30.1 Å². The number of hydrogen-bond acceptors (Lipinski definition) is 2. The molecule has 3 nitrogen and oxygen atoms in total. The SMILES string of the molecule is CCCC(CN)NC(=O)c1cccc(Br)c1. The van der Waals surface area contributed by atoms with Crippen molar-refractivity contribution in [1.82, 2.24) is 5.32 Å². The lowest BCUT2D eigenvalue weighted by atomic mass is 10.1. The van der Waals surface area contributed by atoms with Gasteiger partial charge in [-0.2, -0.15) is 0 Å². The summed E-state index contributed by atoms with van der Waals surface area (Å²) in [6.45, 7) is 2.56. The molecular formula is C12H17BrN2O. The zero-order valence-corrected chi connectivity index (χ0v) is 11.0. The summed E-state index contributed by atoms with van der Waals surface area (Å²) in [5.41, 5.74) is 6.25. The van der Waals surface area contributed by atoms with Crippen LogP contribution < -0.4 is 11.1 Å². The molecule has 0 bridgehead atoms. The van der Waals surface area contributed by atoms with Crippen LogP contribution in [-0.4, -0.2) is 18.5 Å². The summed E-state index contributed by atoms with van der Waals surface area (Å²) >= 11 is 3.34. The maximum atomic E-state index is 11.9. The quantitative estimate of drug-likeness (QED) is 0.872. The number of halogens is 1. The van der Waals surface area contributed by atoms with Crippen LogP contribution in [0.5, 0.6) is 0 Å². The van der Waals surface area contributed by atoms with E-state index >= 15 is 0 Å². The van der Waals surface area contributed by atoms with Gasteiger partial charge in [-0.05, 0) is 24.6 Å². The standard InChI is InChI=1S/C12H17BrN2O/c1-2-4-11(8-14)15-12(16)9-5-3-6-10(13)7-9/h3,5-7,11H,2,4,8,14H2,1H3,(H,15,16). The largest absolute Gasteiger partial charge is 0.348 e. The minimum atomic E-state index is -0.0646. The van der Waals surface area contributed by atoms with E-state index in [1.807, 2.05) is 12.1 Å². The fraction of sp³-hybridized carbons (Fsp3) is 0.417. The summed E-state index contributed by atoms with van der Waals surface area (Å²) in [5, 5.41) is 2.93. The van der Waals surface area contributed by atoms with Crippen LogP contribution in [0.3, 0.4) is 0 Å². The molecule has 0 saturated carbocycles. The Morgan fingerprint density at radius 1 is 1.56 bits per heavy atom. The highest BCUT2D eigenvalue weighted by atomic mass is 79.9. The molecule has 0 spiro atoms. The molecule has 88 valence electrons. The van der Waals surface area contributed by atoms with Crippen LogP contribution in [0.4, 0.5) is 0 Å². The zero-order valence-electron chi connectivity index (χ0n) is 9.37. The Morgan fingerprint density at radius 2 is 2.31 bits per heavy atom. The molecule has 0 aliphatic carbocycles. The molecule has 0 aromatic heterocycles. The molecule has 1 rings (SSSR count). The molecule has 1 aromatic carbocycles. The molecule has 3 N–H and O–H groups in total. The first-order valence-corrected chi connectivity index (χ1v) is 6.23. The lowest BCUT2D eigenvalue weighted by Gasteiger charge is -2.15. The highest BCUT2D eigenvalue weighted by Gasteiger charge is 2.11. The van der Waals surface area contributed by atoms with Gasteiger partial charge in [-0.25, -0.2) is 0 Å². The predicted molar refractivity (Wildman–Crippen MR) is 69.4 cm³/mol. The number of carbonyl (C=O) groups is 1. The molecule has 4 heteroatoms. The van der Waals surface area contributed by atoms with Gasteiger partial charge in [0.1, 0.15) is 0 Å². The predicted octanol–water partition coefficient (Wildman–Crippen LogP) is 2.31. The second kappa shape index (κ2) is 6.66. The van der Waals surface area contributed by atoms with Crippen molar-refractivity contribution in [3.8, 4) is 0 Å². The maximum Gasteiger partial charge on any atom is 0.251 e. The summed E-state index contributed by atoms with van der Waals surface area (Å²) in [5.74, 6) is -0.0646. The molecule has 1 amide bonds. The topological polar surface area (TPSA) is 55.1 Å². The van der Waals surface area contributed by atoms with Crippen LogP contribution in [0.2, 0.25) is 0 Å². The Morgan fingerprint density at radius 3 is 2.88 bits per heavy atom. The van der Waals surface area contributed by atoms with Crippen molar-refractivity contribution in [2.24, 2.45) is 5.73 Å². The lowest BCUT2D eigenvalue weighted by molar-refractivity contribution is 0.0936. The van der Waals surface area contributed by atoms with E-state index in [9.17, 15) is 4.79 Å². The second-order valence-corrected chi connectivity index (χ2v) is 4.62. The third kappa shape index (κ3) is 3.94. The van der Waals surface area contributed by atoms with Gasteiger partial charge in [0.15, 0.2) is 0 Å². The van der Waals surface area contributed by atoms with Gasteiger partial charge >= 0.3 is 0 Å². The molecule has 0 heterocycles. The molecule has 1 aromatic rings. The van der Waals surface area contributed by atoms with Gasteiger partial charge in [-0.1, -0.05) is 35.3 Å². The van der Waals surface area contributed by atoms with Gasteiger partial charge in [0, 0.05) is 22.6 Å². The van der Waals surface area contributed by atoms with Crippen molar-refractivity contribution in [3.63, 3.8) is 0 Å². The van der Waals surface area contributed by atoms with Crippen molar-refractivity contribution in [3.05, 3.63) is 34.3 Å². The number of amides is 1. The van der Waals surface area contributed by atoms with Crippen molar-refractivity contribution in [2.75, 3.05) is 6.54 Å². The van der Waals surface area contributed by atoms with Crippen molar-refractivity contribution in [2.45, 2.75) is 25.8 Å². The van der Waals surface area contributed by atoms with Gasteiger partial charge in [0.05, 0.1) is 0 Å². The maximum absolute atomic E-state index is 11.9. The molecule has 1 atom stereocenters. The summed E-state index contributed by atoms with van der Waals surface area (Å²) in [6.07, 6.45) is 1.93. The van der Waals surface area contributed by atoms with Crippen LogP contribution in [0.25, 0.3) is 0 Å². The second-order valence-electron chi connectivity index (χ2n) is 3.71. The van der Waals surface area contributed by atoms with Gasteiger partial charge in [-0.3, -0.25) is 4.79 Å². The summed E-state index contributed by atoms with van der Waals surface area (Å²) in [7, 11) is 0. The lowest BCUT2D eigenvalue weighted by Crippen LogP contribution is -2.40. The first-order valence-electron chi connectivity index (χ1n) is 5.44. The molecule has 0 saturated heterocycles. The van der Waals surface area contributed by atoms with Gasteiger partial charge < -0.3 is 11.1 Å². The molecule has 0 fully saturated rings. The average Bonchev–Trinajstić information content (AvgIpc) is 2.28. The highest BCUT2D eigenvalue weighted by molar-refractivity contribution is 9.10. The Hall–Kier alpha value is -0.870. The van der Waals surface area contributed by atoms with E-state index in [-0.39, 0.29) is 11.9 Å². The van der Waals surface area contributed by atoms with E-state index < -0.39 is 0 Å². The Labute approximate surface area is 105 Å². The number of nitrogens with two attached hydrogens (primary N) is 1. The fourth-order valence-corrected chi connectivity index (χ4v) is 1.90. The van der Waals surface area contributed by atoms with Gasteiger partial charge in [-0.15, -0.1) is 0 Å². The van der Waals surface area contributed by atoms with Gasteiger partial charge in [0.2, 0.25) is 0 Å². The highest BCUT2D eigenvalue weighted by Crippen LogP contribution is 2.11. The first-order chi connectivity index (χ1) is 7.67. The molecule has 1 unspecified atom stereocenters. The third-order valence-corrected chi connectivity index (χ3v) is 2.84. The molecular weight excluding hydrogens is 268 g/mol. The van der Waals surface area contributed by atoms with Crippen molar-refractivity contribution >= 4 is 21.8 Å². The Bertz CT molecular complexity index is 355. The first kappa shape index (κ1) is 13.2. The number of nitrogens with one attached hydrogen (secondary N) is 1. The van der Waals surface area contributed by atoms with Crippen molar-refractivity contribution < 1.29 is 4.79 Å². The van der Waals surface area contributed by atoms with Crippen LogP contribution in [0.15, 0.2) is 28.7 Å². The molecule has 0 radical (unpaired) electrons. The number of rotatable bonds is 5. The van der Waals surface area contributed by atoms with Crippen molar-refractivity contribution in [1.29, 1.82) is 0 Å². The number of carbonyl (C=O) groups excluding carboxylic acids is 1. The van der Waals surface area contributed by atoms with E-state index in [1.165, 1.54) is 0 Å². The normalized spacial score (nSPS) is 12.2. The molecule has 0 aliphatic rings. The monoisotopic (exact) mass is 284 g/mol.